The van der Waals surface area contributed by atoms with E-state index in [1.807, 2.05) is 0 Å². The quantitative estimate of drug-likeness (QED) is 0.857. The lowest BCUT2D eigenvalue weighted by molar-refractivity contribution is 0.420. The van der Waals surface area contributed by atoms with Crippen molar-refractivity contribution in [2.24, 2.45) is 0 Å². The molecule has 0 aliphatic carbocycles. The molecule has 1 atom stereocenters. The molecule has 1 unspecified atom stereocenters. The second-order valence-electron chi connectivity index (χ2n) is 6.24. The largest absolute Gasteiger partial charge is 0.355 e. The van der Waals surface area contributed by atoms with E-state index < -0.39 is 0 Å². The Bertz CT molecular complexity index is 367. The van der Waals surface area contributed by atoms with E-state index in [9.17, 15) is 0 Å². The van der Waals surface area contributed by atoms with Crippen molar-refractivity contribution in [1.82, 2.24) is 15.5 Å². The highest BCUT2D eigenvalue weighted by atomic mass is 15.3. The molecule has 0 fully saturated rings. The van der Waals surface area contributed by atoms with Crippen molar-refractivity contribution in [2.45, 2.75) is 65.6 Å². The minimum absolute atomic E-state index is 0.104. The number of anilines is 1. The molecule has 0 saturated heterocycles. The molecule has 108 valence electrons. The van der Waals surface area contributed by atoms with Crippen molar-refractivity contribution in [1.29, 1.82) is 0 Å². The van der Waals surface area contributed by atoms with Crippen LogP contribution in [-0.4, -0.2) is 28.8 Å². The normalized spacial score (nSPS) is 13.4. The molecule has 0 bridgehead atoms. The molecule has 4 heteroatoms. The molecule has 0 aromatic carbocycles. The molecular formula is C15H28N4. The van der Waals surface area contributed by atoms with Gasteiger partial charge in [0.25, 0.3) is 0 Å². The maximum Gasteiger partial charge on any atom is 0.151 e. The molecule has 1 rings (SSSR count). The number of rotatable bonds is 6. The van der Waals surface area contributed by atoms with Crippen LogP contribution in [0.3, 0.4) is 0 Å². The number of nitrogens with zero attached hydrogens (tertiary/aromatic N) is 3. The van der Waals surface area contributed by atoms with Crippen LogP contribution in [0.25, 0.3) is 0 Å². The molecule has 0 aliphatic rings. The molecule has 1 N–H and O–H groups in total. The Labute approximate surface area is 117 Å². The standard InChI is InChI=1S/C15H28N4/c1-7-8-12(2)19(6)14-10-9-13(17-18-14)11-16-15(3,4)5/h9-10,12,16H,7-8,11H2,1-6H3. The van der Waals surface area contributed by atoms with Crippen molar-refractivity contribution in [3.05, 3.63) is 17.8 Å². The Kier molecular flexibility index (Phi) is 5.73. The fourth-order valence-electron chi connectivity index (χ4n) is 1.83. The molecular weight excluding hydrogens is 236 g/mol. The zero-order valence-electron chi connectivity index (χ0n) is 13.2. The first kappa shape index (κ1) is 15.9. The topological polar surface area (TPSA) is 41.0 Å². The predicted octanol–water partition coefficient (Wildman–Crippen LogP) is 2.99. The van der Waals surface area contributed by atoms with E-state index in [2.05, 4.69) is 74.2 Å². The van der Waals surface area contributed by atoms with Gasteiger partial charge in [-0.3, -0.25) is 0 Å². The van der Waals surface area contributed by atoms with E-state index in [4.69, 9.17) is 0 Å². The van der Waals surface area contributed by atoms with Gasteiger partial charge in [0.2, 0.25) is 0 Å². The summed E-state index contributed by atoms with van der Waals surface area (Å²) in [4.78, 5) is 2.19. The van der Waals surface area contributed by atoms with Crippen molar-refractivity contribution >= 4 is 5.82 Å². The fourth-order valence-corrected chi connectivity index (χ4v) is 1.83. The number of hydrogen-bond acceptors (Lipinski definition) is 4. The molecule has 19 heavy (non-hydrogen) atoms. The summed E-state index contributed by atoms with van der Waals surface area (Å²) >= 11 is 0. The Morgan fingerprint density at radius 2 is 1.95 bits per heavy atom. The Morgan fingerprint density at radius 1 is 1.26 bits per heavy atom. The maximum absolute atomic E-state index is 4.32. The van der Waals surface area contributed by atoms with Gasteiger partial charge in [-0.1, -0.05) is 13.3 Å². The summed E-state index contributed by atoms with van der Waals surface area (Å²) in [5, 5.41) is 12.0. The maximum atomic E-state index is 4.32. The average Bonchev–Trinajstić information content (AvgIpc) is 2.35. The van der Waals surface area contributed by atoms with Crippen molar-refractivity contribution < 1.29 is 0 Å². The van der Waals surface area contributed by atoms with Crippen LogP contribution in [0.5, 0.6) is 0 Å². The lowest BCUT2D eigenvalue weighted by Crippen LogP contribution is -2.35. The molecule has 1 aromatic heterocycles. The van der Waals surface area contributed by atoms with Crippen molar-refractivity contribution in [3.8, 4) is 0 Å². The minimum atomic E-state index is 0.104. The lowest BCUT2D eigenvalue weighted by atomic mass is 10.1. The average molecular weight is 264 g/mol. The van der Waals surface area contributed by atoms with Crippen LogP contribution in [0.1, 0.15) is 53.2 Å². The first-order chi connectivity index (χ1) is 8.83. The van der Waals surface area contributed by atoms with Gasteiger partial charge < -0.3 is 10.2 Å². The summed E-state index contributed by atoms with van der Waals surface area (Å²) < 4.78 is 0. The second kappa shape index (κ2) is 6.85. The minimum Gasteiger partial charge on any atom is -0.355 e. The van der Waals surface area contributed by atoms with Crippen LogP contribution < -0.4 is 10.2 Å². The van der Waals surface area contributed by atoms with Crippen LogP contribution >= 0.6 is 0 Å². The first-order valence-corrected chi connectivity index (χ1v) is 7.14. The van der Waals surface area contributed by atoms with Crippen molar-refractivity contribution in [3.63, 3.8) is 0 Å². The number of nitrogens with one attached hydrogen (secondary N) is 1. The Balaban J connectivity index is 2.60. The summed E-state index contributed by atoms with van der Waals surface area (Å²) in [5.41, 5.74) is 1.09. The summed E-state index contributed by atoms with van der Waals surface area (Å²) in [7, 11) is 2.08. The molecule has 0 saturated carbocycles. The smallest absolute Gasteiger partial charge is 0.151 e. The third-order valence-electron chi connectivity index (χ3n) is 3.23. The summed E-state index contributed by atoms with van der Waals surface area (Å²) in [5.74, 6) is 0.945. The van der Waals surface area contributed by atoms with E-state index >= 15 is 0 Å². The summed E-state index contributed by atoms with van der Waals surface area (Å²) in [6, 6.07) is 4.60. The van der Waals surface area contributed by atoms with Gasteiger partial charge in [0.15, 0.2) is 5.82 Å². The van der Waals surface area contributed by atoms with E-state index in [-0.39, 0.29) is 5.54 Å². The van der Waals surface area contributed by atoms with Crippen molar-refractivity contribution in [2.75, 3.05) is 11.9 Å². The molecule has 1 heterocycles. The van der Waals surface area contributed by atoms with Crippen LogP contribution in [0.4, 0.5) is 5.82 Å². The zero-order valence-corrected chi connectivity index (χ0v) is 13.2. The summed E-state index contributed by atoms with van der Waals surface area (Å²) in [6.07, 6.45) is 2.36. The van der Waals surface area contributed by atoms with E-state index in [0.717, 1.165) is 18.1 Å². The molecule has 1 aromatic rings. The number of aromatic nitrogens is 2. The van der Waals surface area contributed by atoms with Gasteiger partial charge in [-0.25, -0.2) is 0 Å². The van der Waals surface area contributed by atoms with Crippen LogP contribution in [0.2, 0.25) is 0 Å². The molecule has 0 amide bonds. The monoisotopic (exact) mass is 264 g/mol. The molecule has 0 aliphatic heterocycles. The number of hydrogen-bond donors (Lipinski definition) is 1. The Morgan fingerprint density at radius 3 is 2.42 bits per heavy atom. The van der Waals surface area contributed by atoms with Crippen LogP contribution in [-0.2, 0) is 6.54 Å². The van der Waals surface area contributed by atoms with E-state index in [0.29, 0.717) is 6.04 Å². The van der Waals surface area contributed by atoms with Gasteiger partial charge >= 0.3 is 0 Å². The molecule has 0 radical (unpaired) electrons. The predicted molar refractivity (Wildman–Crippen MR) is 81.4 cm³/mol. The molecule has 4 nitrogen and oxygen atoms in total. The van der Waals surface area contributed by atoms with Gasteiger partial charge in [0, 0.05) is 25.2 Å². The second-order valence-corrected chi connectivity index (χ2v) is 6.24. The highest BCUT2D eigenvalue weighted by Gasteiger charge is 2.12. The van der Waals surface area contributed by atoms with E-state index in [1.165, 1.54) is 12.8 Å². The van der Waals surface area contributed by atoms with Gasteiger partial charge in [0.1, 0.15) is 0 Å². The highest BCUT2D eigenvalue weighted by molar-refractivity contribution is 5.37. The van der Waals surface area contributed by atoms with Crippen LogP contribution in [0.15, 0.2) is 12.1 Å². The van der Waals surface area contributed by atoms with Gasteiger partial charge in [-0.05, 0) is 46.2 Å². The Hall–Kier alpha value is -1.16. The lowest BCUT2D eigenvalue weighted by Gasteiger charge is -2.25. The first-order valence-electron chi connectivity index (χ1n) is 7.14. The highest BCUT2D eigenvalue weighted by Crippen LogP contribution is 2.14. The SMILES string of the molecule is CCCC(C)N(C)c1ccc(CNC(C)(C)C)nn1. The van der Waals surface area contributed by atoms with E-state index in [1.54, 1.807) is 0 Å². The fraction of sp³-hybridized carbons (Fsp3) is 0.733. The zero-order chi connectivity index (χ0) is 14.5. The van der Waals surface area contributed by atoms with Gasteiger partial charge in [-0.15, -0.1) is 5.10 Å². The van der Waals surface area contributed by atoms with Gasteiger partial charge in [0.05, 0.1) is 5.69 Å². The van der Waals surface area contributed by atoms with Gasteiger partial charge in [-0.2, -0.15) is 5.10 Å². The third-order valence-corrected chi connectivity index (χ3v) is 3.23. The van der Waals surface area contributed by atoms with Crippen LogP contribution in [0, 0.1) is 0 Å². The third kappa shape index (κ3) is 5.55. The summed E-state index contributed by atoms with van der Waals surface area (Å²) in [6.45, 7) is 11.6. The molecule has 0 spiro atoms.